The molecule has 130 valence electrons. The molecule has 24 heavy (non-hydrogen) atoms. The van der Waals surface area contributed by atoms with Gasteiger partial charge in [0.15, 0.2) is 0 Å². The molecule has 0 bridgehead atoms. The predicted octanol–water partition coefficient (Wildman–Crippen LogP) is 2.63. The fraction of sp³-hybridized carbons (Fsp3) is 0.529. The maximum atomic E-state index is 12.5. The van der Waals surface area contributed by atoms with Gasteiger partial charge in [-0.05, 0) is 49.9 Å². The molecule has 2 saturated heterocycles. The second-order valence-electron chi connectivity index (χ2n) is 6.17. The summed E-state index contributed by atoms with van der Waals surface area (Å²) >= 11 is 5.84. The maximum Gasteiger partial charge on any atom is 0.322 e. The van der Waals surface area contributed by atoms with E-state index in [1.165, 1.54) is 0 Å². The highest BCUT2D eigenvalue weighted by atomic mass is 35.5. The van der Waals surface area contributed by atoms with Gasteiger partial charge in [0, 0.05) is 30.4 Å². The number of carbonyl (C=O) groups excluding carboxylic acids is 2. The van der Waals surface area contributed by atoms with Crippen LogP contribution in [0.4, 0.5) is 10.5 Å². The van der Waals surface area contributed by atoms with Crippen LogP contribution in [0.2, 0.25) is 5.02 Å². The molecule has 0 aliphatic carbocycles. The molecule has 0 unspecified atom stereocenters. The number of nitrogens with one attached hydrogen (secondary N) is 2. The van der Waals surface area contributed by atoms with Crippen LogP contribution in [0.3, 0.4) is 0 Å². The predicted molar refractivity (Wildman–Crippen MR) is 92.2 cm³/mol. The van der Waals surface area contributed by atoms with E-state index in [1.54, 1.807) is 29.2 Å². The van der Waals surface area contributed by atoms with Gasteiger partial charge < -0.3 is 20.3 Å². The molecule has 0 spiro atoms. The smallest absolute Gasteiger partial charge is 0.322 e. The highest BCUT2D eigenvalue weighted by Gasteiger charge is 2.34. The minimum atomic E-state index is -0.418. The molecule has 2 atom stereocenters. The Labute approximate surface area is 146 Å². The molecule has 1 aromatic carbocycles. The molecule has 0 radical (unpaired) electrons. The first-order chi connectivity index (χ1) is 11.6. The van der Waals surface area contributed by atoms with Crippen LogP contribution >= 0.6 is 11.6 Å². The average Bonchev–Trinajstić information content (AvgIpc) is 3.26. The lowest BCUT2D eigenvalue weighted by molar-refractivity contribution is -0.125. The minimum absolute atomic E-state index is 0.103. The van der Waals surface area contributed by atoms with E-state index >= 15 is 0 Å². The fourth-order valence-electron chi connectivity index (χ4n) is 3.15. The Kier molecular flexibility index (Phi) is 5.58. The van der Waals surface area contributed by atoms with Crippen LogP contribution in [0.5, 0.6) is 0 Å². The van der Waals surface area contributed by atoms with E-state index in [2.05, 4.69) is 10.6 Å². The highest BCUT2D eigenvalue weighted by Crippen LogP contribution is 2.20. The minimum Gasteiger partial charge on any atom is -0.376 e. The van der Waals surface area contributed by atoms with Gasteiger partial charge in [0.05, 0.1) is 6.10 Å². The molecule has 2 fully saturated rings. The molecule has 0 aromatic heterocycles. The van der Waals surface area contributed by atoms with E-state index in [-0.39, 0.29) is 18.0 Å². The number of ether oxygens (including phenoxy) is 1. The first-order valence-electron chi connectivity index (χ1n) is 8.36. The zero-order valence-electron chi connectivity index (χ0n) is 13.5. The van der Waals surface area contributed by atoms with Crippen molar-refractivity contribution in [2.45, 2.75) is 37.8 Å². The summed E-state index contributed by atoms with van der Waals surface area (Å²) < 4.78 is 5.51. The van der Waals surface area contributed by atoms with Gasteiger partial charge in [-0.25, -0.2) is 4.79 Å². The highest BCUT2D eigenvalue weighted by molar-refractivity contribution is 6.30. The Hall–Kier alpha value is -1.79. The molecule has 1 aromatic rings. The number of rotatable bonds is 4. The molecular formula is C17H22ClN3O3. The second kappa shape index (κ2) is 7.85. The Morgan fingerprint density at radius 1 is 1.21 bits per heavy atom. The molecule has 2 N–H and O–H groups in total. The lowest BCUT2D eigenvalue weighted by Crippen LogP contribution is -2.48. The lowest BCUT2D eigenvalue weighted by Gasteiger charge is -2.24. The number of hydrogen-bond acceptors (Lipinski definition) is 3. The van der Waals surface area contributed by atoms with Gasteiger partial charge in [0.2, 0.25) is 5.91 Å². The van der Waals surface area contributed by atoms with E-state index < -0.39 is 6.04 Å². The Morgan fingerprint density at radius 3 is 2.71 bits per heavy atom. The number of anilines is 1. The molecular weight excluding hydrogens is 330 g/mol. The second-order valence-corrected chi connectivity index (χ2v) is 6.61. The van der Waals surface area contributed by atoms with Gasteiger partial charge >= 0.3 is 6.03 Å². The van der Waals surface area contributed by atoms with Crippen LogP contribution in [0, 0.1) is 0 Å². The van der Waals surface area contributed by atoms with Crippen LogP contribution in [-0.4, -0.2) is 48.7 Å². The topological polar surface area (TPSA) is 70.7 Å². The molecule has 0 saturated carbocycles. The van der Waals surface area contributed by atoms with Crippen LogP contribution < -0.4 is 10.6 Å². The van der Waals surface area contributed by atoms with Crippen LogP contribution in [0.25, 0.3) is 0 Å². The summed E-state index contributed by atoms with van der Waals surface area (Å²) in [4.78, 5) is 26.5. The summed E-state index contributed by atoms with van der Waals surface area (Å²) in [5.74, 6) is -0.103. The largest absolute Gasteiger partial charge is 0.376 e. The van der Waals surface area contributed by atoms with Crippen molar-refractivity contribution in [1.29, 1.82) is 0 Å². The number of nitrogens with zero attached hydrogens (tertiary/aromatic N) is 1. The fourth-order valence-corrected chi connectivity index (χ4v) is 3.27. The summed E-state index contributed by atoms with van der Waals surface area (Å²) in [7, 11) is 0. The van der Waals surface area contributed by atoms with Gasteiger partial charge in [-0.15, -0.1) is 0 Å². The lowest BCUT2D eigenvalue weighted by atomic mass is 10.2. The Morgan fingerprint density at radius 2 is 2.00 bits per heavy atom. The molecule has 2 aliphatic heterocycles. The van der Waals surface area contributed by atoms with Crippen LogP contribution in [0.15, 0.2) is 24.3 Å². The summed E-state index contributed by atoms with van der Waals surface area (Å²) in [6.45, 7) is 1.86. The van der Waals surface area contributed by atoms with Crippen molar-refractivity contribution in [3.8, 4) is 0 Å². The molecule has 2 heterocycles. The summed E-state index contributed by atoms with van der Waals surface area (Å²) in [5, 5.41) is 6.35. The standard InChI is InChI=1S/C17H22ClN3O3/c18-12-5-7-13(8-6-12)20-17(23)21-9-1-4-15(21)16(22)19-11-14-3-2-10-24-14/h5-8,14-15H,1-4,9-11H2,(H,19,22)(H,20,23)/t14-,15-/m0/s1. The Balaban J connectivity index is 1.54. The van der Waals surface area contributed by atoms with Gasteiger partial charge in [-0.1, -0.05) is 11.6 Å². The molecule has 3 rings (SSSR count). The number of halogens is 1. The SMILES string of the molecule is O=C(NC[C@@H]1CCCO1)[C@@H]1CCCN1C(=O)Nc1ccc(Cl)cc1. The average molecular weight is 352 g/mol. The van der Waals surface area contributed by atoms with Crippen molar-refractivity contribution >= 4 is 29.2 Å². The number of likely N-dealkylation sites (tertiary alicyclic amines) is 1. The normalized spacial score (nSPS) is 23.3. The number of hydrogen-bond donors (Lipinski definition) is 2. The molecule has 6 nitrogen and oxygen atoms in total. The van der Waals surface area contributed by atoms with Crippen molar-refractivity contribution in [1.82, 2.24) is 10.2 Å². The van der Waals surface area contributed by atoms with Crippen molar-refractivity contribution in [3.63, 3.8) is 0 Å². The molecule has 7 heteroatoms. The van der Waals surface area contributed by atoms with E-state index in [9.17, 15) is 9.59 Å². The third-order valence-corrected chi connectivity index (χ3v) is 4.69. The zero-order chi connectivity index (χ0) is 16.9. The van der Waals surface area contributed by atoms with Crippen molar-refractivity contribution in [3.05, 3.63) is 29.3 Å². The van der Waals surface area contributed by atoms with E-state index in [4.69, 9.17) is 16.3 Å². The first-order valence-corrected chi connectivity index (χ1v) is 8.74. The number of carbonyl (C=O) groups is 2. The van der Waals surface area contributed by atoms with E-state index in [0.717, 1.165) is 25.9 Å². The van der Waals surface area contributed by atoms with Gasteiger partial charge in [-0.2, -0.15) is 0 Å². The quantitative estimate of drug-likeness (QED) is 0.876. The summed E-state index contributed by atoms with van der Waals surface area (Å²) in [6.07, 6.45) is 3.63. The van der Waals surface area contributed by atoms with Crippen molar-refractivity contribution < 1.29 is 14.3 Å². The summed E-state index contributed by atoms with van der Waals surface area (Å²) in [6, 6.07) is 6.23. The zero-order valence-corrected chi connectivity index (χ0v) is 14.2. The van der Waals surface area contributed by atoms with E-state index in [1.807, 2.05) is 0 Å². The first kappa shape index (κ1) is 17.0. The number of amides is 3. The van der Waals surface area contributed by atoms with Crippen LogP contribution in [0.1, 0.15) is 25.7 Å². The van der Waals surface area contributed by atoms with E-state index in [0.29, 0.717) is 30.2 Å². The maximum absolute atomic E-state index is 12.5. The number of benzene rings is 1. The number of urea groups is 1. The van der Waals surface area contributed by atoms with Crippen molar-refractivity contribution in [2.75, 3.05) is 25.0 Å². The van der Waals surface area contributed by atoms with Gasteiger partial charge in [0.1, 0.15) is 6.04 Å². The Bertz CT molecular complexity index is 587. The summed E-state index contributed by atoms with van der Waals surface area (Å²) in [5.41, 5.74) is 0.662. The van der Waals surface area contributed by atoms with Gasteiger partial charge in [0.25, 0.3) is 0 Å². The molecule has 3 amide bonds. The monoisotopic (exact) mass is 351 g/mol. The third-order valence-electron chi connectivity index (χ3n) is 4.44. The van der Waals surface area contributed by atoms with Gasteiger partial charge in [-0.3, -0.25) is 4.79 Å². The molecule has 2 aliphatic rings. The van der Waals surface area contributed by atoms with Crippen LogP contribution in [-0.2, 0) is 9.53 Å². The third kappa shape index (κ3) is 4.19. The van der Waals surface area contributed by atoms with Crippen molar-refractivity contribution in [2.24, 2.45) is 0 Å².